The number of hydrogen-bond acceptors (Lipinski definition) is 3. The predicted octanol–water partition coefficient (Wildman–Crippen LogP) is 1.64. The third-order valence-corrected chi connectivity index (χ3v) is 2.44. The maximum atomic E-state index is 6.12. The summed E-state index contributed by atoms with van der Waals surface area (Å²) in [4.78, 5) is 3.88. The molecule has 0 aliphatic heterocycles. The summed E-state index contributed by atoms with van der Waals surface area (Å²) in [5.41, 5.74) is 1.99. The molecule has 0 saturated carbocycles. The van der Waals surface area contributed by atoms with E-state index in [1.54, 1.807) is 11.0 Å². The molecule has 4 nitrogen and oxygen atoms in total. The van der Waals surface area contributed by atoms with Gasteiger partial charge in [0.2, 0.25) is 0 Å². The van der Waals surface area contributed by atoms with Crippen LogP contribution in [0.3, 0.4) is 0 Å². The number of nitrogens with zero attached hydrogens (tertiary/aromatic N) is 3. The molecule has 2 aromatic rings. The van der Waals surface area contributed by atoms with Crippen molar-refractivity contribution in [2.24, 2.45) is 0 Å². The van der Waals surface area contributed by atoms with E-state index in [2.05, 4.69) is 15.4 Å². The number of aromatic nitrogens is 3. The Hall–Kier alpha value is -1.39. The van der Waals surface area contributed by atoms with Crippen molar-refractivity contribution in [1.82, 2.24) is 20.1 Å². The van der Waals surface area contributed by atoms with Gasteiger partial charge in [0.25, 0.3) is 0 Å². The van der Waals surface area contributed by atoms with Crippen molar-refractivity contribution >= 4 is 11.6 Å². The summed E-state index contributed by atoms with van der Waals surface area (Å²) in [7, 11) is 1.89. The fourth-order valence-electron chi connectivity index (χ4n) is 1.35. The van der Waals surface area contributed by atoms with Crippen molar-refractivity contribution in [3.8, 4) is 5.69 Å². The Labute approximate surface area is 92.9 Å². The molecular formula is C10H11ClN4. The largest absolute Gasteiger partial charge is 0.316 e. The average molecular weight is 223 g/mol. The van der Waals surface area contributed by atoms with E-state index >= 15 is 0 Å². The Morgan fingerprint density at radius 3 is 2.93 bits per heavy atom. The van der Waals surface area contributed by atoms with Crippen LogP contribution in [0.15, 0.2) is 30.9 Å². The van der Waals surface area contributed by atoms with E-state index in [9.17, 15) is 0 Å². The molecule has 0 saturated heterocycles. The van der Waals surface area contributed by atoms with E-state index in [1.165, 1.54) is 6.33 Å². The Kier molecular flexibility index (Phi) is 2.99. The molecule has 0 aliphatic rings. The highest BCUT2D eigenvalue weighted by molar-refractivity contribution is 6.31. The Balaban J connectivity index is 2.33. The number of hydrogen-bond donors (Lipinski definition) is 1. The standard InChI is InChI=1S/C10H11ClN4/c1-12-5-8-2-3-9(4-10(8)11)15-7-13-6-14-15/h2-4,6-7,12H,5H2,1H3. The molecule has 1 heterocycles. The lowest BCUT2D eigenvalue weighted by Gasteiger charge is -2.06. The van der Waals surface area contributed by atoms with Gasteiger partial charge in [0.05, 0.1) is 5.69 Å². The highest BCUT2D eigenvalue weighted by Gasteiger charge is 2.02. The lowest BCUT2D eigenvalue weighted by molar-refractivity contribution is 0.815. The first kappa shape index (κ1) is 10.1. The molecule has 0 fully saturated rings. The van der Waals surface area contributed by atoms with Gasteiger partial charge >= 0.3 is 0 Å². The van der Waals surface area contributed by atoms with Crippen LogP contribution in [-0.2, 0) is 6.54 Å². The molecule has 1 aromatic carbocycles. The smallest absolute Gasteiger partial charge is 0.138 e. The first-order valence-electron chi connectivity index (χ1n) is 4.59. The third kappa shape index (κ3) is 2.16. The van der Waals surface area contributed by atoms with Crippen LogP contribution in [0.2, 0.25) is 5.02 Å². The maximum Gasteiger partial charge on any atom is 0.138 e. The Morgan fingerprint density at radius 1 is 1.47 bits per heavy atom. The topological polar surface area (TPSA) is 42.7 Å². The molecule has 0 unspecified atom stereocenters. The molecule has 15 heavy (non-hydrogen) atoms. The minimum Gasteiger partial charge on any atom is -0.316 e. The van der Waals surface area contributed by atoms with Crippen molar-refractivity contribution in [2.45, 2.75) is 6.54 Å². The number of rotatable bonds is 3. The SMILES string of the molecule is CNCc1ccc(-n2cncn2)cc1Cl. The maximum absolute atomic E-state index is 6.12. The zero-order valence-corrected chi connectivity index (χ0v) is 9.07. The van der Waals surface area contributed by atoms with Gasteiger partial charge in [0.15, 0.2) is 0 Å². The summed E-state index contributed by atoms with van der Waals surface area (Å²) in [5, 5.41) is 7.83. The first-order chi connectivity index (χ1) is 7.31. The van der Waals surface area contributed by atoms with Gasteiger partial charge in [-0.2, -0.15) is 5.10 Å². The van der Waals surface area contributed by atoms with Crippen molar-refractivity contribution in [3.05, 3.63) is 41.4 Å². The second-order valence-electron chi connectivity index (χ2n) is 3.15. The van der Waals surface area contributed by atoms with E-state index < -0.39 is 0 Å². The Bertz CT molecular complexity index is 439. The summed E-state index contributed by atoms with van der Waals surface area (Å²) < 4.78 is 1.68. The number of benzene rings is 1. The molecule has 78 valence electrons. The molecule has 0 amide bonds. The fourth-order valence-corrected chi connectivity index (χ4v) is 1.60. The minimum atomic E-state index is 0.734. The lowest BCUT2D eigenvalue weighted by atomic mass is 10.2. The van der Waals surface area contributed by atoms with Gasteiger partial charge in [0, 0.05) is 11.6 Å². The van der Waals surface area contributed by atoms with Gasteiger partial charge in [0.1, 0.15) is 12.7 Å². The quantitative estimate of drug-likeness (QED) is 0.859. The summed E-state index contributed by atoms with van der Waals surface area (Å²) in [5.74, 6) is 0. The van der Waals surface area contributed by atoms with Crippen molar-refractivity contribution < 1.29 is 0 Å². The van der Waals surface area contributed by atoms with Crippen LogP contribution in [0.1, 0.15) is 5.56 Å². The number of halogens is 1. The van der Waals surface area contributed by atoms with Gasteiger partial charge in [-0.15, -0.1) is 0 Å². The van der Waals surface area contributed by atoms with Gasteiger partial charge in [-0.1, -0.05) is 17.7 Å². The van der Waals surface area contributed by atoms with Gasteiger partial charge in [-0.05, 0) is 24.7 Å². The second-order valence-corrected chi connectivity index (χ2v) is 3.55. The minimum absolute atomic E-state index is 0.734. The van der Waals surface area contributed by atoms with Gasteiger partial charge < -0.3 is 5.32 Å². The third-order valence-electron chi connectivity index (χ3n) is 2.09. The van der Waals surface area contributed by atoms with Crippen LogP contribution in [0.4, 0.5) is 0 Å². The molecule has 0 atom stereocenters. The lowest BCUT2D eigenvalue weighted by Crippen LogP contribution is -2.06. The predicted molar refractivity (Wildman–Crippen MR) is 59.1 cm³/mol. The summed E-state index contributed by atoms with van der Waals surface area (Å²) in [6.45, 7) is 0.760. The van der Waals surface area contributed by atoms with Crippen LogP contribution >= 0.6 is 11.6 Å². The molecular weight excluding hydrogens is 212 g/mol. The van der Waals surface area contributed by atoms with Gasteiger partial charge in [-0.3, -0.25) is 0 Å². The van der Waals surface area contributed by atoms with E-state index in [4.69, 9.17) is 11.6 Å². The van der Waals surface area contributed by atoms with Crippen molar-refractivity contribution in [1.29, 1.82) is 0 Å². The van der Waals surface area contributed by atoms with E-state index in [1.807, 2.05) is 25.2 Å². The molecule has 1 N–H and O–H groups in total. The second kappa shape index (κ2) is 4.42. The van der Waals surface area contributed by atoms with E-state index in [-0.39, 0.29) is 0 Å². The van der Waals surface area contributed by atoms with Crippen LogP contribution in [0.5, 0.6) is 0 Å². The van der Waals surface area contributed by atoms with Gasteiger partial charge in [-0.25, -0.2) is 9.67 Å². The monoisotopic (exact) mass is 222 g/mol. The van der Waals surface area contributed by atoms with E-state index in [0.29, 0.717) is 0 Å². The molecule has 0 aliphatic carbocycles. The van der Waals surface area contributed by atoms with Crippen LogP contribution in [-0.4, -0.2) is 21.8 Å². The molecule has 0 bridgehead atoms. The Morgan fingerprint density at radius 2 is 2.33 bits per heavy atom. The summed E-state index contributed by atoms with van der Waals surface area (Å²) >= 11 is 6.12. The summed E-state index contributed by atoms with van der Waals surface area (Å²) in [6.07, 6.45) is 3.14. The molecule has 5 heteroatoms. The summed E-state index contributed by atoms with van der Waals surface area (Å²) in [6, 6.07) is 5.83. The van der Waals surface area contributed by atoms with Crippen LogP contribution < -0.4 is 5.32 Å². The first-order valence-corrected chi connectivity index (χ1v) is 4.97. The van der Waals surface area contributed by atoms with Crippen molar-refractivity contribution in [2.75, 3.05) is 7.05 Å². The number of nitrogens with one attached hydrogen (secondary N) is 1. The van der Waals surface area contributed by atoms with E-state index in [0.717, 1.165) is 22.8 Å². The average Bonchev–Trinajstić information content (AvgIpc) is 2.74. The highest BCUT2D eigenvalue weighted by atomic mass is 35.5. The zero-order valence-electron chi connectivity index (χ0n) is 8.31. The zero-order chi connectivity index (χ0) is 10.7. The normalized spacial score (nSPS) is 10.5. The van der Waals surface area contributed by atoms with Crippen LogP contribution in [0, 0.1) is 0 Å². The molecule has 0 spiro atoms. The highest BCUT2D eigenvalue weighted by Crippen LogP contribution is 2.19. The van der Waals surface area contributed by atoms with Crippen LogP contribution in [0.25, 0.3) is 5.69 Å². The molecule has 2 rings (SSSR count). The molecule has 1 aromatic heterocycles. The fraction of sp³-hybridized carbons (Fsp3) is 0.200. The molecule has 0 radical (unpaired) electrons. The van der Waals surface area contributed by atoms with Crippen molar-refractivity contribution in [3.63, 3.8) is 0 Å².